The maximum Gasteiger partial charge on any atom is 0.220 e. The van der Waals surface area contributed by atoms with Gasteiger partial charge in [-0.2, -0.15) is 0 Å². The van der Waals surface area contributed by atoms with Crippen molar-refractivity contribution in [1.82, 2.24) is 0 Å². The molecule has 0 aliphatic carbocycles. The van der Waals surface area contributed by atoms with Crippen LogP contribution >= 0.6 is 0 Å². The average Bonchev–Trinajstić information content (AvgIpc) is 2.84. The molecule has 0 aromatic carbocycles. The number of carbonyl (C=O) groups excluding carboxylic acids is 2. The third-order valence-corrected chi connectivity index (χ3v) is 3.16. The second kappa shape index (κ2) is 4.36. The lowest BCUT2D eigenvalue weighted by Gasteiger charge is -2.31. The van der Waals surface area contributed by atoms with E-state index in [4.69, 9.17) is 23.7 Å². The van der Waals surface area contributed by atoms with Crippen molar-refractivity contribution in [2.75, 3.05) is 6.61 Å². The zero-order valence-corrected chi connectivity index (χ0v) is 10.0. The Morgan fingerprint density at radius 3 is 2.22 bits per heavy atom. The van der Waals surface area contributed by atoms with Gasteiger partial charge in [-0.25, -0.2) is 0 Å². The number of hydrogen-bond donors (Lipinski definition) is 0. The molecule has 3 heterocycles. The second-order valence-corrected chi connectivity index (χ2v) is 4.60. The smallest absolute Gasteiger partial charge is 0.220 e. The molecule has 3 fully saturated rings. The summed E-state index contributed by atoms with van der Waals surface area (Å²) < 4.78 is 27.0. The van der Waals surface area contributed by atoms with Crippen LogP contribution in [0.15, 0.2) is 0 Å². The maximum absolute atomic E-state index is 11.2. The Labute approximate surface area is 103 Å². The summed E-state index contributed by atoms with van der Waals surface area (Å²) in [5.41, 5.74) is 0. The summed E-state index contributed by atoms with van der Waals surface area (Å²) in [6, 6.07) is 0. The van der Waals surface area contributed by atoms with Gasteiger partial charge in [-0.3, -0.25) is 9.59 Å². The molecule has 3 rings (SSSR count). The summed E-state index contributed by atoms with van der Waals surface area (Å²) >= 11 is 0. The molecule has 0 bridgehead atoms. The van der Waals surface area contributed by atoms with Gasteiger partial charge in [0.15, 0.2) is 17.9 Å². The number of carbonyl (C=O) groups is 2. The van der Waals surface area contributed by atoms with Crippen molar-refractivity contribution >= 4 is 11.6 Å². The highest BCUT2D eigenvalue weighted by Gasteiger charge is 2.56. The summed E-state index contributed by atoms with van der Waals surface area (Å²) in [4.78, 5) is 22.4. The molecule has 18 heavy (non-hydrogen) atoms. The molecule has 0 N–H and O–H groups in total. The molecule has 3 aliphatic rings. The standard InChI is InChI=1S/C11H14O7/c1-4(12)9-14-3-6-7(16-9)8-11(15-6)18-10(17-8)5(2)13/h6-11H,3H2,1-2H3/t6-,7+,8-,9?,10?,11-/m1/s1. The number of hydrogen-bond acceptors (Lipinski definition) is 7. The molecule has 6 atom stereocenters. The van der Waals surface area contributed by atoms with Gasteiger partial charge in [0.1, 0.15) is 18.3 Å². The number of rotatable bonds is 2. The van der Waals surface area contributed by atoms with E-state index in [0.717, 1.165) is 0 Å². The zero-order valence-electron chi connectivity index (χ0n) is 10.0. The summed E-state index contributed by atoms with van der Waals surface area (Å²) in [6.45, 7) is 3.02. The van der Waals surface area contributed by atoms with Crippen LogP contribution in [0.25, 0.3) is 0 Å². The number of fused-ring (bicyclic) bond motifs is 3. The van der Waals surface area contributed by atoms with Crippen molar-refractivity contribution < 1.29 is 33.3 Å². The Bertz CT molecular complexity index is 382. The van der Waals surface area contributed by atoms with Crippen LogP contribution in [-0.4, -0.2) is 55.4 Å². The third kappa shape index (κ3) is 1.88. The lowest BCUT2D eigenvalue weighted by Crippen LogP contribution is -2.48. The monoisotopic (exact) mass is 258 g/mol. The van der Waals surface area contributed by atoms with Crippen LogP contribution in [0.3, 0.4) is 0 Å². The van der Waals surface area contributed by atoms with Crippen molar-refractivity contribution in [2.24, 2.45) is 0 Å². The van der Waals surface area contributed by atoms with Gasteiger partial charge in [0.2, 0.25) is 12.6 Å². The van der Waals surface area contributed by atoms with E-state index in [1.807, 2.05) is 0 Å². The molecule has 0 aromatic rings. The van der Waals surface area contributed by atoms with Crippen LogP contribution < -0.4 is 0 Å². The highest BCUT2D eigenvalue weighted by Crippen LogP contribution is 2.37. The Hall–Kier alpha value is -0.860. The van der Waals surface area contributed by atoms with Crippen LogP contribution in [0.2, 0.25) is 0 Å². The minimum absolute atomic E-state index is 0.209. The molecule has 0 saturated carbocycles. The van der Waals surface area contributed by atoms with Crippen LogP contribution in [0, 0.1) is 0 Å². The van der Waals surface area contributed by atoms with Gasteiger partial charge >= 0.3 is 0 Å². The van der Waals surface area contributed by atoms with Crippen molar-refractivity contribution in [2.45, 2.75) is 51.0 Å². The Kier molecular flexibility index (Phi) is 2.95. The van der Waals surface area contributed by atoms with Gasteiger partial charge in [-0.15, -0.1) is 0 Å². The molecule has 3 aliphatic heterocycles. The third-order valence-electron chi connectivity index (χ3n) is 3.16. The first kappa shape index (κ1) is 12.2. The molecule has 0 aromatic heterocycles. The van der Waals surface area contributed by atoms with E-state index in [2.05, 4.69) is 0 Å². The molecule has 2 unspecified atom stereocenters. The number of ether oxygens (including phenoxy) is 5. The molecular weight excluding hydrogens is 244 g/mol. The molecular formula is C11H14O7. The zero-order chi connectivity index (χ0) is 12.9. The predicted octanol–water partition coefficient (Wildman–Crippen LogP) is -0.628. The minimum Gasteiger partial charge on any atom is -0.343 e. The Balaban J connectivity index is 1.71. The van der Waals surface area contributed by atoms with Crippen LogP contribution in [0.5, 0.6) is 0 Å². The summed E-state index contributed by atoms with van der Waals surface area (Å²) in [6.07, 6.45) is -3.71. The van der Waals surface area contributed by atoms with E-state index in [1.165, 1.54) is 13.8 Å². The summed E-state index contributed by atoms with van der Waals surface area (Å²) in [7, 11) is 0. The molecule has 7 heteroatoms. The second-order valence-electron chi connectivity index (χ2n) is 4.60. The molecule has 3 saturated heterocycles. The van der Waals surface area contributed by atoms with Gasteiger partial charge < -0.3 is 23.7 Å². The maximum atomic E-state index is 11.2. The fourth-order valence-electron chi connectivity index (χ4n) is 2.31. The van der Waals surface area contributed by atoms with E-state index >= 15 is 0 Å². The fraction of sp³-hybridized carbons (Fsp3) is 0.818. The lowest BCUT2D eigenvalue weighted by molar-refractivity contribution is -0.258. The van der Waals surface area contributed by atoms with Crippen molar-refractivity contribution in [1.29, 1.82) is 0 Å². The van der Waals surface area contributed by atoms with Crippen LogP contribution in [-0.2, 0) is 33.3 Å². The first-order chi connectivity index (χ1) is 8.56. The predicted molar refractivity (Wildman–Crippen MR) is 54.4 cm³/mol. The largest absolute Gasteiger partial charge is 0.343 e. The van der Waals surface area contributed by atoms with Crippen LogP contribution in [0.4, 0.5) is 0 Å². The average molecular weight is 258 g/mol. The molecule has 0 spiro atoms. The molecule has 7 nitrogen and oxygen atoms in total. The van der Waals surface area contributed by atoms with E-state index in [0.29, 0.717) is 0 Å². The fourth-order valence-corrected chi connectivity index (χ4v) is 2.31. The first-order valence-electron chi connectivity index (χ1n) is 5.80. The molecule has 0 amide bonds. The Morgan fingerprint density at radius 2 is 1.56 bits per heavy atom. The van der Waals surface area contributed by atoms with Crippen molar-refractivity contribution in [3.8, 4) is 0 Å². The van der Waals surface area contributed by atoms with Crippen LogP contribution in [0.1, 0.15) is 13.8 Å². The number of ketones is 2. The molecule has 0 radical (unpaired) electrons. The number of Topliss-reactive ketones (excluding diaryl/α,β-unsaturated/α-hetero) is 2. The van der Waals surface area contributed by atoms with E-state index in [9.17, 15) is 9.59 Å². The highest BCUT2D eigenvalue weighted by atomic mass is 16.8. The minimum atomic E-state index is -0.914. The van der Waals surface area contributed by atoms with Crippen molar-refractivity contribution in [3.05, 3.63) is 0 Å². The van der Waals surface area contributed by atoms with E-state index < -0.39 is 31.1 Å². The highest BCUT2D eigenvalue weighted by molar-refractivity contribution is 5.79. The van der Waals surface area contributed by atoms with Crippen molar-refractivity contribution in [3.63, 3.8) is 0 Å². The summed E-state index contributed by atoms with van der Waals surface area (Å²) in [5, 5.41) is 0. The first-order valence-corrected chi connectivity index (χ1v) is 5.80. The Morgan fingerprint density at radius 1 is 0.889 bits per heavy atom. The van der Waals surface area contributed by atoms with Gasteiger partial charge in [-0.1, -0.05) is 0 Å². The normalized spacial score (nSPS) is 46.6. The van der Waals surface area contributed by atoms with E-state index in [-0.39, 0.29) is 24.3 Å². The SMILES string of the molecule is CC(=O)C1OC[C@H]2O[C@@H]3OC(C(C)=O)O[C@@H]3[C@H]2O1. The quantitative estimate of drug-likeness (QED) is 0.652. The van der Waals surface area contributed by atoms with Gasteiger partial charge in [0.05, 0.1) is 6.61 Å². The molecule has 100 valence electrons. The summed E-state index contributed by atoms with van der Waals surface area (Å²) in [5.74, 6) is -0.432. The van der Waals surface area contributed by atoms with Gasteiger partial charge in [0, 0.05) is 0 Å². The topological polar surface area (TPSA) is 80.3 Å². The van der Waals surface area contributed by atoms with Gasteiger partial charge in [-0.05, 0) is 13.8 Å². The van der Waals surface area contributed by atoms with E-state index in [1.54, 1.807) is 0 Å². The van der Waals surface area contributed by atoms with Gasteiger partial charge in [0.25, 0.3) is 0 Å². The lowest BCUT2D eigenvalue weighted by atomic mass is 10.1.